The second-order valence-corrected chi connectivity index (χ2v) is 2.85. The van der Waals surface area contributed by atoms with Crippen LogP contribution < -0.4 is 5.32 Å². The fourth-order valence-electron chi connectivity index (χ4n) is 1.05. The number of Topliss-reactive ketones (excluding diaryl/α,β-unsaturated/α-hetero) is 1. The number of carbonyl (C=O) groups excluding carboxylic acids is 1. The molecule has 1 rings (SSSR count). The smallest absolute Gasteiger partial charge is 0.372 e. The molecule has 74 valence electrons. The minimum absolute atomic E-state index is 0.0562. The third-order valence-corrected chi connectivity index (χ3v) is 1.85. The quantitative estimate of drug-likeness (QED) is 0.698. The zero-order valence-corrected chi connectivity index (χ0v) is 7.78. The van der Waals surface area contributed by atoms with Gasteiger partial charge in [-0.2, -0.15) is 0 Å². The lowest BCUT2D eigenvalue weighted by Crippen LogP contribution is -2.14. The van der Waals surface area contributed by atoms with Gasteiger partial charge in [0.1, 0.15) is 0 Å². The van der Waals surface area contributed by atoms with Crippen molar-refractivity contribution in [3.63, 3.8) is 0 Å². The molecule has 0 heterocycles. The molecule has 1 aromatic rings. The molecular weight excluding hydrogens is 182 g/mol. The molecule has 14 heavy (non-hydrogen) atoms. The predicted molar refractivity (Wildman–Crippen MR) is 52.3 cm³/mol. The molecule has 0 aliphatic heterocycles. The Morgan fingerprint density at radius 1 is 1.29 bits per heavy atom. The molecule has 0 aliphatic rings. The van der Waals surface area contributed by atoms with Gasteiger partial charge in [-0.1, -0.05) is 12.1 Å². The van der Waals surface area contributed by atoms with Crippen LogP contribution in [-0.4, -0.2) is 23.9 Å². The average Bonchev–Trinajstić information content (AvgIpc) is 2.19. The topological polar surface area (TPSA) is 66.4 Å². The summed E-state index contributed by atoms with van der Waals surface area (Å²) in [5.41, 5.74) is 1.63. The molecule has 0 saturated heterocycles. The summed E-state index contributed by atoms with van der Waals surface area (Å²) in [6, 6.07) is 7.05. The highest BCUT2D eigenvalue weighted by atomic mass is 16.4. The number of carboxylic acid groups (broad SMARTS) is 1. The Labute approximate surface area is 81.6 Å². The fraction of sp³-hybridized carbons (Fsp3) is 0.200. The number of hydrogen-bond donors (Lipinski definition) is 2. The van der Waals surface area contributed by atoms with Crippen molar-refractivity contribution in [2.24, 2.45) is 0 Å². The maximum atomic E-state index is 10.9. The highest BCUT2D eigenvalue weighted by molar-refractivity contribution is 6.33. The van der Waals surface area contributed by atoms with Crippen LogP contribution in [0.15, 0.2) is 24.3 Å². The van der Waals surface area contributed by atoms with Gasteiger partial charge in [-0.25, -0.2) is 4.79 Å². The Kier molecular flexibility index (Phi) is 3.23. The first kappa shape index (κ1) is 10.2. The van der Waals surface area contributed by atoms with E-state index in [0.29, 0.717) is 5.56 Å². The van der Waals surface area contributed by atoms with Crippen LogP contribution in [0.1, 0.15) is 5.56 Å². The van der Waals surface area contributed by atoms with Crippen LogP contribution in [0.25, 0.3) is 0 Å². The van der Waals surface area contributed by atoms with E-state index < -0.39 is 11.8 Å². The van der Waals surface area contributed by atoms with E-state index in [-0.39, 0.29) is 6.42 Å². The normalized spacial score (nSPS) is 9.50. The molecule has 4 heteroatoms. The number of benzene rings is 1. The molecular formula is C10H11NO3. The first-order valence-electron chi connectivity index (χ1n) is 4.16. The van der Waals surface area contributed by atoms with E-state index in [0.717, 1.165) is 5.69 Å². The van der Waals surface area contributed by atoms with Crippen LogP contribution in [0.3, 0.4) is 0 Å². The largest absolute Gasteiger partial charge is 0.475 e. The van der Waals surface area contributed by atoms with Gasteiger partial charge < -0.3 is 10.4 Å². The van der Waals surface area contributed by atoms with E-state index in [2.05, 4.69) is 5.32 Å². The van der Waals surface area contributed by atoms with Crippen LogP contribution in [-0.2, 0) is 16.0 Å². The maximum absolute atomic E-state index is 10.9. The number of rotatable bonds is 4. The highest BCUT2D eigenvalue weighted by Gasteiger charge is 2.11. The predicted octanol–water partition coefficient (Wildman–Crippen LogP) is 0.925. The highest BCUT2D eigenvalue weighted by Crippen LogP contribution is 2.09. The van der Waals surface area contributed by atoms with Crippen molar-refractivity contribution in [1.29, 1.82) is 0 Å². The molecule has 0 amide bonds. The molecule has 0 spiro atoms. The summed E-state index contributed by atoms with van der Waals surface area (Å²) in [7, 11) is 1.79. The van der Waals surface area contributed by atoms with Gasteiger partial charge in [-0.3, -0.25) is 4.79 Å². The number of anilines is 1. The average molecular weight is 193 g/mol. The molecule has 1 aromatic carbocycles. The van der Waals surface area contributed by atoms with Gasteiger partial charge in [0.2, 0.25) is 5.78 Å². The summed E-state index contributed by atoms with van der Waals surface area (Å²) in [6.45, 7) is 0. The molecule has 0 fully saturated rings. The number of nitrogens with one attached hydrogen (secondary N) is 1. The van der Waals surface area contributed by atoms with Crippen LogP contribution in [0.4, 0.5) is 5.69 Å². The summed E-state index contributed by atoms with van der Waals surface area (Å²) >= 11 is 0. The van der Waals surface area contributed by atoms with Crippen molar-refractivity contribution in [2.75, 3.05) is 12.4 Å². The summed E-state index contributed by atoms with van der Waals surface area (Å²) in [4.78, 5) is 21.1. The van der Waals surface area contributed by atoms with Gasteiger partial charge in [-0.05, 0) is 17.7 Å². The van der Waals surface area contributed by atoms with E-state index in [4.69, 9.17) is 5.11 Å². The summed E-state index contributed by atoms with van der Waals surface area (Å²) in [5.74, 6) is -2.18. The molecule has 4 nitrogen and oxygen atoms in total. The standard InChI is InChI=1S/C10H11NO3/c1-11-8-4-2-7(3-5-8)6-9(12)10(13)14/h2-5,11H,6H2,1H3,(H,13,14). The number of carbonyl (C=O) groups is 2. The Morgan fingerprint density at radius 2 is 1.86 bits per heavy atom. The lowest BCUT2D eigenvalue weighted by atomic mass is 10.1. The third-order valence-electron chi connectivity index (χ3n) is 1.85. The molecule has 0 saturated carbocycles. The number of carboxylic acids is 1. The summed E-state index contributed by atoms with van der Waals surface area (Å²) in [6.07, 6.45) is -0.0562. The second-order valence-electron chi connectivity index (χ2n) is 2.85. The molecule has 0 unspecified atom stereocenters. The molecule has 0 aliphatic carbocycles. The molecule has 0 aromatic heterocycles. The Balaban J connectivity index is 2.69. The lowest BCUT2D eigenvalue weighted by molar-refractivity contribution is -0.148. The Bertz CT molecular complexity index is 343. The number of ketones is 1. The molecule has 0 atom stereocenters. The van der Waals surface area contributed by atoms with Gasteiger partial charge in [0.15, 0.2) is 0 Å². The van der Waals surface area contributed by atoms with Gasteiger partial charge in [0.25, 0.3) is 0 Å². The van der Waals surface area contributed by atoms with E-state index in [1.165, 1.54) is 0 Å². The zero-order valence-electron chi connectivity index (χ0n) is 7.78. The van der Waals surface area contributed by atoms with Crippen molar-refractivity contribution in [3.05, 3.63) is 29.8 Å². The van der Waals surface area contributed by atoms with E-state index in [1.54, 1.807) is 31.3 Å². The summed E-state index contributed by atoms with van der Waals surface area (Å²) in [5, 5.41) is 11.3. The van der Waals surface area contributed by atoms with Crippen LogP contribution in [0.2, 0.25) is 0 Å². The van der Waals surface area contributed by atoms with Crippen molar-refractivity contribution in [3.8, 4) is 0 Å². The zero-order chi connectivity index (χ0) is 10.6. The van der Waals surface area contributed by atoms with Crippen molar-refractivity contribution >= 4 is 17.4 Å². The van der Waals surface area contributed by atoms with Crippen LogP contribution >= 0.6 is 0 Å². The Hall–Kier alpha value is -1.84. The van der Waals surface area contributed by atoms with E-state index >= 15 is 0 Å². The minimum Gasteiger partial charge on any atom is -0.475 e. The number of aliphatic carboxylic acids is 1. The van der Waals surface area contributed by atoms with Gasteiger partial charge in [0.05, 0.1) is 0 Å². The monoisotopic (exact) mass is 193 g/mol. The van der Waals surface area contributed by atoms with Gasteiger partial charge in [-0.15, -0.1) is 0 Å². The molecule has 0 bridgehead atoms. The van der Waals surface area contributed by atoms with Crippen LogP contribution in [0, 0.1) is 0 Å². The number of hydrogen-bond acceptors (Lipinski definition) is 3. The van der Waals surface area contributed by atoms with Gasteiger partial charge >= 0.3 is 5.97 Å². The lowest BCUT2D eigenvalue weighted by Gasteiger charge is -2.01. The fourth-order valence-corrected chi connectivity index (χ4v) is 1.05. The second kappa shape index (κ2) is 4.41. The van der Waals surface area contributed by atoms with Crippen molar-refractivity contribution in [2.45, 2.75) is 6.42 Å². The van der Waals surface area contributed by atoms with Crippen molar-refractivity contribution < 1.29 is 14.7 Å². The molecule has 2 N–H and O–H groups in total. The third kappa shape index (κ3) is 2.58. The first-order chi connectivity index (χ1) is 6.63. The Morgan fingerprint density at radius 3 is 2.29 bits per heavy atom. The van der Waals surface area contributed by atoms with E-state index in [9.17, 15) is 9.59 Å². The maximum Gasteiger partial charge on any atom is 0.372 e. The summed E-state index contributed by atoms with van der Waals surface area (Å²) < 4.78 is 0. The van der Waals surface area contributed by atoms with Crippen molar-refractivity contribution in [1.82, 2.24) is 0 Å². The first-order valence-corrected chi connectivity index (χ1v) is 4.16. The SMILES string of the molecule is CNc1ccc(CC(=O)C(=O)O)cc1. The molecule has 0 radical (unpaired) electrons. The van der Waals surface area contributed by atoms with Crippen LogP contribution in [0.5, 0.6) is 0 Å². The minimum atomic E-state index is -1.39. The van der Waals surface area contributed by atoms with E-state index in [1.807, 2.05) is 0 Å². The van der Waals surface area contributed by atoms with Gasteiger partial charge in [0, 0.05) is 19.2 Å².